The van der Waals surface area contributed by atoms with Gasteiger partial charge in [0.2, 0.25) is 0 Å². The SMILES string of the molecule is Cc1ccc(C)c(N2C(=NC(=O)C(Cc3ccccc3)NC(=O)OC(C)(C)C)SC3CS(=O)(=O)CC32)c1. The number of alkyl carbamates (subject to hydrolysis) is 1. The number of nitrogens with zero attached hydrogens (tertiary/aromatic N) is 2. The predicted octanol–water partition coefficient (Wildman–Crippen LogP) is 4.04. The van der Waals surface area contributed by atoms with E-state index in [4.69, 9.17) is 4.74 Å². The number of carbonyl (C=O) groups excluding carboxylic acids is 2. The lowest BCUT2D eigenvalue weighted by Gasteiger charge is -2.27. The number of anilines is 1. The molecule has 37 heavy (non-hydrogen) atoms. The van der Waals surface area contributed by atoms with Crippen LogP contribution in [0.5, 0.6) is 0 Å². The third-order valence-corrected chi connectivity index (χ3v) is 9.38. The number of thioether (sulfide) groups is 1. The topological polar surface area (TPSA) is 105 Å². The van der Waals surface area contributed by atoms with E-state index in [1.807, 2.05) is 67.3 Å². The maximum atomic E-state index is 13.6. The number of benzene rings is 2. The van der Waals surface area contributed by atoms with Crippen molar-refractivity contribution in [3.05, 3.63) is 65.2 Å². The van der Waals surface area contributed by atoms with Gasteiger partial charge in [-0.3, -0.25) is 4.79 Å². The quantitative estimate of drug-likeness (QED) is 0.607. The van der Waals surface area contributed by atoms with Crippen LogP contribution in [-0.4, -0.2) is 60.0 Å². The van der Waals surface area contributed by atoms with Crippen LogP contribution < -0.4 is 10.2 Å². The third kappa shape index (κ3) is 6.73. The van der Waals surface area contributed by atoms with Crippen LogP contribution in [0, 0.1) is 13.8 Å². The van der Waals surface area contributed by atoms with Crippen LogP contribution in [0.1, 0.15) is 37.5 Å². The molecule has 3 unspecified atom stereocenters. The number of nitrogens with one attached hydrogen (secondary N) is 1. The number of hydrogen-bond donors (Lipinski definition) is 1. The first-order valence-corrected chi connectivity index (χ1v) is 14.9. The van der Waals surface area contributed by atoms with Gasteiger partial charge in [0.15, 0.2) is 15.0 Å². The van der Waals surface area contributed by atoms with Gasteiger partial charge in [-0.15, -0.1) is 0 Å². The van der Waals surface area contributed by atoms with E-state index < -0.39 is 33.5 Å². The van der Waals surface area contributed by atoms with Gasteiger partial charge in [0.05, 0.1) is 17.5 Å². The summed E-state index contributed by atoms with van der Waals surface area (Å²) in [5.74, 6) is -0.467. The van der Waals surface area contributed by atoms with E-state index in [1.54, 1.807) is 20.8 Å². The summed E-state index contributed by atoms with van der Waals surface area (Å²) >= 11 is 1.31. The summed E-state index contributed by atoms with van der Waals surface area (Å²) < 4.78 is 30.3. The fraction of sp³-hybridized carbons (Fsp3) is 0.444. The number of rotatable bonds is 5. The first-order chi connectivity index (χ1) is 17.3. The van der Waals surface area contributed by atoms with Crippen molar-refractivity contribution in [2.75, 3.05) is 16.4 Å². The molecule has 0 aromatic heterocycles. The molecular weight excluding hydrogens is 510 g/mol. The van der Waals surface area contributed by atoms with E-state index in [9.17, 15) is 18.0 Å². The van der Waals surface area contributed by atoms with Crippen LogP contribution >= 0.6 is 11.8 Å². The number of aliphatic imine (C=N–C) groups is 1. The number of sulfone groups is 1. The number of amidine groups is 1. The number of fused-ring (bicyclic) bond motifs is 1. The molecule has 2 amide bonds. The number of ether oxygens (including phenoxy) is 1. The molecule has 0 radical (unpaired) electrons. The van der Waals surface area contributed by atoms with Gasteiger partial charge >= 0.3 is 6.09 Å². The second kappa shape index (κ2) is 10.5. The highest BCUT2D eigenvalue weighted by Crippen LogP contribution is 2.42. The summed E-state index contributed by atoms with van der Waals surface area (Å²) in [6.45, 7) is 9.19. The molecule has 0 saturated carbocycles. The normalized spacial score (nSPS) is 22.5. The molecule has 1 N–H and O–H groups in total. The van der Waals surface area contributed by atoms with Crippen LogP contribution in [0.25, 0.3) is 0 Å². The molecule has 198 valence electrons. The molecule has 2 aliphatic heterocycles. The molecule has 2 saturated heterocycles. The van der Waals surface area contributed by atoms with E-state index in [0.29, 0.717) is 5.17 Å². The summed E-state index contributed by atoms with van der Waals surface area (Å²) in [4.78, 5) is 32.5. The first-order valence-electron chi connectivity index (χ1n) is 12.2. The molecule has 4 rings (SSSR count). The highest BCUT2D eigenvalue weighted by Gasteiger charge is 2.49. The zero-order valence-electron chi connectivity index (χ0n) is 21.7. The fourth-order valence-corrected chi connectivity index (χ4v) is 8.41. The van der Waals surface area contributed by atoms with E-state index in [2.05, 4.69) is 10.3 Å². The Morgan fingerprint density at radius 1 is 1.14 bits per heavy atom. The van der Waals surface area contributed by atoms with Gasteiger partial charge in [0.25, 0.3) is 5.91 Å². The number of hydrogen-bond acceptors (Lipinski definition) is 6. The van der Waals surface area contributed by atoms with Gasteiger partial charge in [0, 0.05) is 17.4 Å². The van der Waals surface area contributed by atoms with Crippen molar-refractivity contribution in [3.63, 3.8) is 0 Å². The van der Waals surface area contributed by atoms with Crippen LogP contribution in [-0.2, 0) is 25.8 Å². The largest absolute Gasteiger partial charge is 0.444 e. The highest BCUT2D eigenvalue weighted by molar-refractivity contribution is 8.16. The monoisotopic (exact) mass is 543 g/mol. The Balaban J connectivity index is 1.68. The lowest BCUT2D eigenvalue weighted by atomic mass is 10.1. The standard InChI is InChI=1S/C27H33N3O5S2/c1-17-11-12-18(2)21(13-17)30-22-15-37(33,34)16-23(22)36-25(30)29-24(31)20(14-19-9-7-6-8-10-19)28-26(32)35-27(3,4)5/h6-13,20,22-23H,14-16H2,1-5H3,(H,28,32). The van der Waals surface area contributed by atoms with E-state index in [0.717, 1.165) is 22.4 Å². The Hall–Kier alpha value is -2.85. The molecular formula is C27H33N3O5S2. The molecule has 2 aromatic rings. The maximum Gasteiger partial charge on any atom is 0.408 e. The fourth-order valence-electron chi connectivity index (χ4n) is 4.50. The third-order valence-electron chi connectivity index (χ3n) is 6.17. The first kappa shape index (κ1) is 27.2. The van der Waals surface area contributed by atoms with Gasteiger partial charge in [-0.25, -0.2) is 13.2 Å². The van der Waals surface area contributed by atoms with Crippen molar-refractivity contribution in [1.82, 2.24) is 5.32 Å². The van der Waals surface area contributed by atoms with E-state index >= 15 is 0 Å². The average molecular weight is 544 g/mol. The predicted molar refractivity (Wildman–Crippen MR) is 148 cm³/mol. The Labute approximate surface area is 222 Å². The zero-order valence-corrected chi connectivity index (χ0v) is 23.4. The van der Waals surface area contributed by atoms with Crippen LogP contribution in [0.15, 0.2) is 53.5 Å². The summed E-state index contributed by atoms with van der Waals surface area (Å²) in [7, 11) is -3.19. The van der Waals surface area contributed by atoms with Crippen molar-refractivity contribution in [2.45, 2.75) is 64.0 Å². The summed E-state index contributed by atoms with van der Waals surface area (Å²) in [5.41, 5.74) is 2.96. The Kier molecular flexibility index (Phi) is 7.71. The Morgan fingerprint density at radius 3 is 2.51 bits per heavy atom. The van der Waals surface area contributed by atoms with Crippen molar-refractivity contribution in [3.8, 4) is 0 Å². The molecule has 8 nitrogen and oxygen atoms in total. The van der Waals surface area contributed by atoms with Crippen molar-refractivity contribution in [2.24, 2.45) is 4.99 Å². The molecule has 3 atom stereocenters. The molecule has 2 aliphatic rings. The molecule has 0 bridgehead atoms. The smallest absolute Gasteiger partial charge is 0.408 e. The minimum absolute atomic E-state index is 0.00879. The molecule has 2 fully saturated rings. The van der Waals surface area contributed by atoms with Gasteiger partial charge in [-0.05, 0) is 57.4 Å². The highest BCUT2D eigenvalue weighted by atomic mass is 32.2. The molecule has 0 spiro atoms. The molecule has 2 aromatic carbocycles. The molecule has 10 heteroatoms. The number of amides is 2. The van der Waals surface area contributed by atoms with Crippen LogP contribution in [0.2, 0.25) is 0 Å². The van der Waals surface area contributed by atoms with Gasteiger partial charge in [-0.2, -0.15) is 4.99 Å². The van der Waals surface area contributed by atoms with E-state index in [-0.39, 0.29) is 29.2 Å². The summed E-state index contributed by atoms with van der Waals surface area (Å²) in [6.07, 6.45) is -0.458. The molecule has 0 aliphatic carbocycles. The van der Waals surface area contributed by atoms with Gasteiger partial charge in [-0.1, -0.05) is 54.2 Å². The van der Waals surface area contributed by atoms with Gasteiger partial charge < -0.3 is 15.0 Å². The molecule has 2 heterocycles. The summed E-state index contributed by atoms with van der Waals surface area (Å²) in [5, 5.41) is 2.92. The van der Waals surface area contributed by atoms with Crippen molar-refractivity contribution < 1.29 is 22.7 Å². The Bertz CT molecular complexity index is 1320. The zero-order chi connectivity index (χ0) is 27.0. The lowest BCUT2D eigenvalue weighted by Crippen LogP contribution is -2.45. The van der Waals surface area contributed by atoms with Crippen molar-refractivity contribution >= 4 is 44.5 Å². The second-order valence-corrected chi connectivity index (χ2v) is 13.9. The average Bonchev–Trinajstić information content (AvgIpc) is 3.25. The minimum atomic E-state index is -3.19. The van der Waals surface area contributed by atoms with Gasteiger partial charge in [0.1, 0.15) is 11.6 Å². The number of aryl methyl sites for hydroxylation is 2. The van der Waals surface area contributed by atoms with E-state index in [1.165, 1.54) is 11.8 Å². The van der Waals surface area contributed by atoms with Crippen molar-refractivity contribution in [1.29, 1.82) is 0 Å². The Morgan fingerprint density at radius 2 is 1.84 bits per heavy atom. The second-order valence-electron chi connectivity index (χ2n) is 10.6. The van der Waals surface area contributed by atoms with Crippen LogP contribution in [0.3, 0.4) is 0 Å². The number of carbonyl (C=O) groups is 2. The minimum Gasteiger partial charge on any atom is -0.444 e. The van der Waals surface area contributed by atoms with Crippen LogP contribution in [0.4, 0.5) is 10.5 Å². The maximum absolute atomic E-state index is 13.6. The lowest BCUT2D eigenvalue weighted by molar-refractivity contribution is -0.119. The summed E-state index contributed by atoms with van der Waals surface area (Å²) in [6, 6.07) is 14.1.